The molecule has 0 aromatic heterocycles. The first-order chi connectivity index (χ1) is 8.58. The number of imide groups is 1. The number of hydrogen-bond donors (Lipinski definition) is 2. The summed E-state index contributed by atoms with van der Waals surface area (Å²) in [5.41, 5.74) is 6.26. The Hall–Kier alpha value is -2.37. The summed E-state index contributed by atoms with van der Waals surface area (Å²) in [4.78, 5) is 33.1. The summed E-state index contributed by atoms with van der Waals surface area (Å²) in [7, 11) is 0. The average molecular weight is 248 g/mol. The molecule has 1 aromatic rings. The van der Waals surface area contributed by atoms with E-state index in [-0.39, 0.29) is 12.4 Å². The van der Waals surface area contributed by atoms with Gasteiger partial charge in [0.1, 0.15) is 5.75 Å². The van der Waals surface area contributed by atoms with E-state index in [1.54, 1.807) is 18.2 Å². The molecule has 0 heterocycles. The minimum Gasteiger partial charge on any atom is -0.483 e. The summed E-state index contributed by atoms with van der Waals surface area (Å²) in [6, 6.07) is 4.20. The van der Waals surface area contributed by atoms with Gasteiger partial charge in [-0.05, 0) is 12.5 Å². The minimum atomic E-state index is -0.919. The third kappa shape index (κ3) is 2.48. The van der Waals surface area contributed by atoms with Crippen molar-refractivity contribution in [3.63, 3.8) is 0 Å². The predicted octanol–water partition coefficient (Wildman–Crippen LogP) is 0.389. The van der Waals surface area contributed by atoms with Gasteiger partial charge in [0.25, 0.3) is 5.91 Å². The zero-order valence-electron chi connectivity index (χ0n) is 9.56. The van der Waals surface area contributed by atoms with Crippen LogP contribution in [0.1, 0.15) is 22.3 Å². The molecular formula is C12H12N2O4. The van der Waals surface area contributed by atoms with Crippen LogP contribution in [0.3, 0.4) is 0 Å². The summed E-state index contributed by atoms with van der Waals surface area (Å²) in [6.45, 7) is -0.312. The molecule has 94 valence electrons. The highest BCUT2D eigenvalue weighted by atomic mass is 16.5. The number of ether oxygens (including phenoxy) is 1. The number of amides is 3. The first-order valence-electron chi connectivity index (χ1n) is 5.45. The molecule has 0 saturated heterocycles. The standard InChI is InChI=1S/C12H12N2O4/c13-12(17)14-11(16)6-18-10-3-1-2-7-8(10)4-5-9(7)15/h1-3H,4-6H2,(H3,13,14,16,17). The molecule has 3 N–H and O–H groups in total. The van der Waals surface area contributed by atoms with Gasteiger partial charge < -0.3 is 10.5 Å². The number of rotatable bonds is 3. The molecule has 0 spiro atoms. The van der Waals surface area contributed by atoms with Gasteiger partial charge in [-0.2, -0.15) is 0 Å². The zero-order chi connectivity index (χ0) is 13.1. The molecule has 6 nitrogen and oxygen atoms in total. The number of nitrogens with two attached hydrogens (primary N) is 1. The smallest absolute Gasteiger partial charge is 0.318 e. The molecule has 3 amide bonds. The first-order valence-corrected chi connectivity index (χ1v) is 5.45. The van der Waals surface area contributed by atoms with Crippen molar-refractivity contribution < 1.29 is 19.1 Å². The fourth-order valence-corrected chi connectivity index (χ4v) is 1.91. The average Bonchev–Trinajstić information content (AvgIpc) is 2.68. The number of carbonyl (C=O) groups excluding carboxylic acids is 3. The number of urea groups is 1. The van der Waals surface area contributed by atoms with Gasteiger partial charge in [0.2, 0.25) is 0 Å². The predicted molar refractivity (Wildman–Crippen MR) is 62.3 cm³/mol. The number of carbonyl (C=O) groups is 3. The lowest BCUT2D eigenvalue weighted by atomic mass is 10.1. The van der Waals surface area contributed by atoms with E-state index in [0.717, 1.165) is 5.56 Å². The quantitative estimate of drug-likeness (QED) is 0.808. The van der Waals surface area contributed by atoms with E-state index in [9.17, 15) is 14.4 Å². The SMILES string of the molecule is NC(=O)NC(=O)COc1cccc2c1CCC2=O. The summed E-state index contributed by atoms with van der Waals surface area (Å²) in [5, 5.41) is 1.90. The van der Waals surface area contributed by atoms with Gasteiger partial charge >= 0.3 is 6.03 Å². The first kappa shape index (κ1) is 12.1. The molecule has 6 heteroatoms. The van der Waals surface area contributed by atoms with Gasteiger partial charge in [-0.15, -0.1) is 0 Å². The minimum absolute atomic E-state index is 0.0806. The molecule has 1 aromatic carbocycles. The van der Waals surface area contributed by atoms with E-state index >= 15 is 0 Å². The van der Waals surface area contributed by atoms with Crippen molar-refractivity contribution in [2.45, 2.75) is 12.8 Å². The van der Waals surface area contributed by atoms with Gasteiger partial charge in [-0.25, -0.2) is 4.79 Å². The van der Waals surface area contributed by atoms with Crippen LogP contribution in [-0.2, 0) is 11.2 Å². The monoisotopic (exact) mass is 248 g/mol. The van der Waals surface area contributed by atoms with Crippen molar-refractivity contribution in [1.82, 2.24) is 5.32 Å². The number of benzene rings is 1. The van der Waals surface area contributed by atoms with Crippen LogP contribution in [0, 0.1) is 0 Å². The second kappa shape index (κ2) is 4.87. The molecule has 0 unspecified atom stereocenters. The van der Waals surface area contributed by atoms with Gasteiger partial charge in [0.15, 0.2) is 12.4 Å². The number of hydrogen-bond acceptors (Lipinski definition) is 4. The number of primary amides is 1. The number of ketones is 1. The summed E-state index contributed by atoms with van der Waals surface area (Å²) in [6.07, 6.45) is 1.07. The second-order valence-electron chi connectivity index (χ2n) is 3.91. The van der Waals surface area contributed by atoms with E-state index < -0.39 is 11.9 Å². The Morgan fingerprint density at radius 3 is 2.83 bits per heavy atom. The van der Waals surface area contributed by atoms with Crippen LogP contribution in [0.5, 0.6) is 5.75 Å². The molecule has 0 aliphatic heterocycles. The molecule has 0 saturated carbocycles. The number of nitrogens with one attached hydrogen (secondary N) is 1. The van der Waals surface area contributed by atoms with Crippen molar-refractivity contribution in [2.75, 3.05) is 6.61 Å². The third-order valence-electron chi connectivity index (χ3n) is 2.66. The maximum atomic E-state index is 11.5. The highest BCUT2D eigenvalue weighted by molar-refractivity contribution is 6.01. The molecule has 0 bridgehead atoms. The van der Waals surface area contributed by atoms with Gasteiger partial charge in [-0.1, -0.05) is 12.1 Å². The number of fused-ring (bicyclic) bond motifs is 1. The van der Waals surface area contributed by atoms with Crippen LogP contribution < -0.4 is 15.8 Å². The van der Waals surface area contributed by atoms with Crippen LogP contribution >= 0.6 is 0 Å². The molecule has 2 rings (SSSR count). The van der Waals surface area contributed by atoms with Crippen LogP contribution in [-0.4, -0.2) is 24.3 Å². The topological polar surface area (TPSA) is 98.5 Å². The van der Waals surface area contributed by atoms with Crippen molar-refractivity contribution in [2.24, 2.45) is 5.73 Å². The van der Waals surface area contributed by atoms with Crippen LogP contribution in [0.25, 0.3) is 0 Å². The number of Topliss-reactive ketones (excluding diaryl/α,β-unsaturated/α-hetero) is 1. The normalized spacial score (nSPS) is 13.0. The molecule has 1 aliphatic carbocycles. The van der Waals surface area contributed by atoms with Crippen LogP contribution in [0.15, 0.2) is 18.2 Å². The Morgan fingerprint density at radius 2 is 2.11 bits per heavy atom. The van der Waals surface area contributed by atoms with E-state index in [2.05, 4.69) is 0 Å². The Bertz CT molecular complexity index is 525. The molecule has 0 radical (unpaired) electrons. The summed E-state index contributed by atoms with van der Waals surface area (Å²) < 4.78 is 5.29. The maximum absolute atomic E-state index is 11.5. The third-order valence-corrected chi connectivity index (χ3v) is 2.66. The van der Waals surface area contributed by atoms with E-state index in [1.807, 2.05) is 5.32 Å². The Morgan fingerprint density at radius 1 is 1.33 bits per heavy atom. The Labute approximate surface area is 103 Å². The summed E-state index contributed by atoms with van der Waals surface area (Å²) >= 11 is 0. The Kier molecular flexibility index (Phi) is 3.27. The fraction of sp³-hybridized carbons (Fsp3) is 0.250. The highest BCUT2D eigenvalue weighted by Gasteiger charge is 2.22. The van der Waals surface area contributed by atoms with Gasteiger partial charge in [0.05, 0.1) is 0 Å². The largest absolute Gasteiger partial charge is 0.483 e. The Balaban J connectivity index is 2.05. The molecular weight excluding hydrogens is 236 g/mol. The molecule has 0 atom stereocenters. The molecule has 18 heavy (non-hydrogen) atoms. The zero-order valence-corrected chi connectivity index (χ0v) is 9.56. The highest BCUT2D eigenvalue weighted by Crippen LogP contribution is 2.30. The van der Waals surface area contributed by atoms with Gasteiger partial charge in [-0.3, -0.25) is 14.9 Å². The van der Waals surface area contributed by atoms with Crippen molar-refractivity contribution in [3.05, 3.63) is 29.3 Å². The lowest BCUT2D eigenvalue weighted by molar-refractivity contribution is -0.121. The van der Waals surface area contributed by atoms with Crippen LogP contribution in [0.4, 0.5) is 4.79 Å². The molecule has 1 aliphatic rings. The van der Waals surface area contributed by atoms with E-state index in [4.69, 9.17) is 10.5 Å². The van der Waals surface area contributed by atoms with E-state index in [1.165, 1.54) is 0 Å². The maximum Gasteiger partial charge on any atom is 0.318 e. The van der Waals surface area contributed by atoms with Crippen molar-refractivity contribution in [3.8, 4) is 5.75 Å². The van der Waals surface area contributed by atoms with Crippen LogP contribution in [0.2, 0.25) is 0 Å². The molecule has 0 fully saturated rings. The fourth-order valence-electron chi connectivity index (χ4n) is 1.91. The lowest BCUT2D eigenvalue weighted by Gasteiger charge is -2.09. The van der Waals surface area contributed by atoms with Crippen molar-refractivity contribution in [1.29, 1.82) is 0 Å². The summed E-state index contributed by atoms with van der Waals surface area (Å²) in [5.74, 6) is -0.0422. The van der Waals surface area contributed by atoms with Crippen molar-refractivity contribution >= 4 is 17.7 Å². The van der Waals surface area contributed by atoms with Gasteiger partial charge in [0, 0.05) is 17.5 Å². The van der Waals surface area contributed by atoms with E-state index in [0.29, 0.717) is 24.2 Å². The second-order valence-corrected chi connectivity index (χ2v) is 3.91. The lowest BCUT2D eigenvalue weighted by Crippen LogP contribution is -2.38.